The highest BCUT2D eigenvalue weighted by molar-refractivity contribution is 5.83. The SMILES string of the molecule is CC1(C)CCCN(c2nc3ccccn3c2C=O)C1. The van der Waals surface area contributed by atoms with Crippen LogP contribution in [0.25, 0.3) is 5.65 Å². The number of imidazole rings is 1. The Hall–Kier alpha value is -1.84. The average Bonchev–Trinajstić information content (AvgIpc) is 2.76. The highest BCUT2D eigenvalue weighted by Crippen LogP contribution is 2.32. The van der Waals surface area contributed by atoms with Crippen LogP contribution in [0.15, 0.2) is 24.4 Å². The number of pyridine rings is 1. The van der Waals surface area contributed by atoms with Crippen molar-refractivity contribution in [1.82, 2.24) is 9.38 Å². The number of aldehydes is 1. The number of carbonyl (C=O) groups is 1. The van der Waals surface area contributed by atoms with Crippen molar-refractivity contribution in [2.45, 2.75) is 26.7 Å². The number of anilines is 1. The fourth-order valence-corrected chi connectivity index (χ4v) is 2.95. The highest BCUT2D eigenvalue weighted by Gasteiger charge is 2.29. The lowest BCUT2D eigenvalue weighted by atomic mass is 9.84. The van der Waals surface area contributed by atoms with Crippen LogP contribution in [-0.2, 0) is 0 Å². The molecule has 0 amide bonds. The number of hydrogen-bond donors (Lipinski definition) is 0. The molecule has 1 fully saturated rings. The third-order valence-corrected chi connectivity index (χ3v) is 3.86. The molecule has 0 unspecified atom stereocenters. The first-order chi connectivity index (χ1) is 9.11. The molecule has 0 saturated carbocycles. The minimum absolute atomic E-state index is 0.286. The molecule has 19 heavy (non-hydrogen) atoms. The maximum atomic E-state index is 11.4. The second kappa shape index (κ2) is 4.37. The molecule has 0 atom stereocenters. The molecule has 0 aliphatic carbocycles. The van der Waals surface area contributed by atoms with Gasteiger partial charge in [0, 0.05) is 19.3 Å². The Bertz CT molecular complexity index is 615. The molecule has 0 bridgehead atoms. The van der Waals surface area contributed by atoms with E-state index in [1.807, 2.05) is 28.8 Å². The van der Waals surface area contributed by atoms with Gasteiger partial charge in [-0.2, -0.15) is 0 Å². The van der Waals surface area contributed by atoms with Crippen LogP contribution in [0.2, 0.25) is 0 Å². The molecule has 2 aromatic heterocycles. The summed E-state index contributed by atoms with van der Waals surface area (Å²) in [6.07, 6.45) is 5.19. The number of carbonyl (C=O) groups excluding carboxylic acids is 1. The smallest absolute Gasteiger partial charge is 0.170 e. The van der Waals surface area contributed by atoms with Gasteiger partial charge in [-0.25, -0.2) is 4.98 Å². The fourth-order valence-electron chi connectivity index (χ4n) is 2.95. The van der Waals surface area contributed by atoms with Gasteiger partial charge >= 0.3 is 0 Å². The zero-order chi connectivity index (χ0) is 13.5. The van der Waals surface area contributed by atoms with Crippen molar-refractivity contribution in [1.29, 1.82) is 0 Å². The van der Waals surface area contributed by atoms with E-state index in [1.54, 1.807) is 0 Å². The molecule has 4 heteroatoms. The summed E-state index contributed by atoms with van der Waals surface area (Å²) in [6, 6.07) is 5.80. The van der Waals surface area contributed by atoms with Crippen molar-refractivity contribution in [3.05, 3.63) is 30.1 Å². The van der Waals surface area contributed by atoms with Crippen LogP contribution < -0.4 is 4.90 Å². The number of aromatic nitrogens is 2. The minimum Gasteiger partial charge on any atom is -0.354 e. The van der Waals surface area contributed by atoms with Gasteiger partial charge in [-0.15, -0.1) is 0 Å². The zero-order valence-corrected chi connectivity index (χ0v) is 11.5. The van der Waals surface area contributed by atoms with Crippen LogP contribution in [0.3, 0.4) is 0 Å². The monoisotopic (exact) mass is 257 g/mol. The van der Waals surface area contributed by atoms with E-state index < -0.39 is 0 Å². The molecule has 0 radical (unpaired) electrons. The molecule has 1 saturated heterocycles. The van der Waals surface area contributed by atoms with Gasteiger partial charge in [0.2, 0.25) is 0 Å². The lowest BCUT2D eigenvalue weighted by Gasteiger charge is -2.38. The first kappa shape index (κ1) is 12.2. The third kappa shape index (κ3) is 2.11. The number of piperidine rings is 1. The second-order valence-electron chi connectivity index (χ2n) is 6.06. The van der Waals surface area contributed by atoms with Gasteiger partial charge in [-0.3, -0.25) is 9.20 Å². The Kier molecular flexibility index (Phi) is 2.81. The molecule has 0 spiro atoms. The molecule has 100 valence electrons. The molecule has 2 aromatic rings. The largest absolute Gasteiger partial charge is 0.354 e. The van der Waals surface area contributed by atoms with E-state index in [4.69, 9.17) is 0 Å². The van der Waals surface area contributed by atoms with Crippen LogP contribution in [0.4, 0.5) is 5.82 Å². The lowest BCUT2D eigenvalue weighted by molar-refractivity contribution is 0.111. The van der Waals surface area contributed by atoms with Crippen LogP contribution >= 0.6 is 0 Å². The summed E-state index contributed by atoms with van der Waals surface area (Å²) in [6.45, 7) is 6.48. The maximum absolute atomic E-state index is 11.4. The topological polar surface area (TPSA) is 37.6 Å². The number of nitrogens with zero attached hydrogens (tertiary/aromatic N) is 3. The van der Waals surface area contributed by atoms with Crippen LogP contribution in [0.5, 0.6) is 0 Å². The fraction of sp³-hybridized carbons (Fsp3) is 0.467. The van der Waals surface area contributed by atoms with E-state index >= 15 is 0 Å². The van der Waals surface area contributed by atoms with Crippen LogP contribution in [0.1, 0.15) is 37.2 Å². The number of fused-ring (bicyclic) bond motifs is 1. The predicted octanol–water partition coefficient (Wildman–Crippen LogP) is 2.77. The molecule has 1 aliphatic heterocycles. The summed E-state index contributed by atoms with van der Waals surface area (Å²) in [4.78, 5) is 18.3. The van der Waals surface area contributed by atoms with E-state index in [-0.39, 0.29) is 5.41 Å². The molecule has 3 heterocycles. The summed E-state index contributed by atoms with van der Waals surface area (Å²) in [5.74, 6) is 0.828. The van der Waals surface area contributed by atoms with Crippen LogP contribution in [-0.4, -0.2) is 28.8 Å². The number of hydrogen-bond acceptors (Lipinski definition) is 3. The third-order valence-electron chi connectivity index (χ3n) is 3.86. The van der Waals surface area contributed by atoms with Gasteiger partial charge < -0.3 is 4.90 Å². The Morgan fingerprint density at radius 3 is 2.95 bits per heavy atom. The van der Waals surface area contributed by atoms with Gasteiger partial charge in [0.25, 0.3) is 0 Å². The standard InChI is InChI=1S/C15H19N3O/c1-15(2)7-5-8-17(11-15)14-12(10-19)18-9-4-3-6-13(18)16-14/h3-4,6,9-10H,5,7-8,11H2,1-2H3. The first-order valence-electron chi connectivity index (χ1n) is 6.78. The zero-order valence-electron chi connectivity index (χ0n) is 11.5. The van der Waals surface area contributed by atoms with E-state index in [2.05, 4.69) is 23.7 Å². The second-order valence-corrected chi connectivity index (χ2v) is 6.06. The Morgan fingerprint density at radius 1 is 1.37 bits per heavy atom. The van der Waals surface area contributed by atoms with E-state index in [0.29, 0.717) is 5.69 Å². The maximum Gasteiger partial charge on any atom is 0.170 e. The minimum atomic E-state index is 0.286. The molecule has 1 aliphatic rings. The van der Waals surface area contributed by atoms with Crippen molar-refractivity contribution < 1.29 is 4.79 Å². The van der Waals surface area contributed by atoms with Gasteiger partial charge in [0.15, 0.2) is 12.1 Å². The normalized spacial score (nSPS) is 18.7. The summed E-state index contributed by atoms with van der Waals surface area (Å²) < 4.78 is 1.87. The molecular formula is C15H19N3O. The summed E-state index contributed by atoms with van der Waals surface area (Å²) in [5.41, 5.74) is 1.78. The van der Waals surface area contributed by atoms with Crippen LogP contribution in [0, 0.1) is 5.41 Å². The van der Waals surface area contributed by atoms with Gasteiger partial charge in [-0.1, -0.05) is 19.9 Å². The van der Waals surface area contributed by atoms with E-state index in [9.17, 15) is 4.79 Å². The summed E-state index contributed by atoms with van der Waals surface area (Å²) in [5, 5.41) is 0. The van der Waals surface area contributed by atoms with Crippen molar-refractivity contribution >= 4 is 17.8 Å². The number of rotatable bonds is 2. The van der Waals surface area contributed by atoms with Crippen molar-refractivity contribution in [3.8, 4) is 0 Å². The summed E-state index contributed by atoms with van der Waals surface area (Å²) in [7, 11) is 0. The Balaban J connectivity index is 2.07. The van der Waals surface area contributed by atoms with Crippen molar-refractivity contribution in [2.75, 3.05) is 18.0 Å². The molecule has 4 nitrogen and oxygen atoms in total. The molecule has 0 aromatic carbocycles. The van der Waals surface area contributed by atoms with Gasteiger partial charge in [-0.05, 0) is 30.4 Å². The van der Waals surface area contributed by atoms with Crippen molar-refractivity contribution in [3.63, 3.8) is 0 Å². The summed E-state index contributed by atoms with van der Waals surface area (Å²) >= 11 is 0. The quantitative estimate of drug-likeness (QED) is 0.776. The highest BCUT2D eigenvalue weighted by atomic mass is 16.1. The Labute approximate surface area is 113 Å². The predicted molar refractivity (Wildman–Crippen MR) is 75.8 cm³/mol. The van der Waals surface area contributed by atoms with Gasteiger partial charge in [0.05, 0.1) is 0 Å². The Morgan fingerprint density at radius 2 is 2.21 bits per heavy atom. The average molecular weight is 257 g/mol. The van der Waals surface area contributed by atoms with Gasteiger partial charge in [0.1, 0.15) is 11.3 Å². The molecular weight excluding hydrogens is 238 g/mol. The van der Waals surface area contributed by atoms with E-state index in [1.165, 1.54) is 6.42 Å². The van der Waals surface area contributed by atoms with Crippen molar-refractivity contribution in [2.24, 2.45) is 5.41 Å². The molecule has 3 rings (SSSR count). The first-order valence-corrected chi connectivity index (χ1v) is 6.78. The van der Waals surface area contributed by atoms with E-state index in [0.717, 1.165) is 37.3 Å². The molecule has 0 N–H and O–H groups in total. The lowest BCUT2D eigenvalue weighted by Crippen LogP contribution is -2.40.